The fourth-order valence-corrected chi connectivity index (χ4v) is 0.912. The summed E-state index contributed by atoms with van der Waals surface area (Å²) in [5, 5.41) is 9.16. The topological polar surface area (TPSA) is 50.2 Å². The molecular weight excluding hydrogens is 222 g/mol. The highest BCUT2D eigenvalue weighted by Gasteiger charge is 1.98. The van der Waals surface area contributed by atoms with Gasteiger partial charge in [-0.05, 0) is 28.1 Å². The zero-order valence-corrected chi connectivity index (χ0v) is 7.65. The Morgan fingerprint density at radius 2 is 2.33 bits per heavy atom. The second kappa shape index (κ2) is 4.01. The molecule has 3 nitrogen and oxygen atoms in total. The van der Waals surface area contributed by atoms with E-state index in [1.807, 2.05) is 0 Å². The highest BCUT2D eigenvalue weighted by atomic mass is 79.9. The molecule has 0 spiro atoms. The molecule has 12 heavy (non-hydrogen) atoms. The predicted octanol–water partition coefficient (Wildman–Crippen LogP) is 1.94. The number of hydrogen-bond acceptors (Lipinski definition) is 3. The Morgan fingerprint density at radius 3 is 2.83 bits per heavy atom. The third-order valence-electron chi connectivity index (χ3n) is 1.22. The number of carbonyl (C=O) groups excluding carboxylic acids is 1. The van der Waals surface area contributed by atoms with Crippen LogP contribution in [-0.2, 0) is 4.79 Å². The van der Waals surface area contributed by atoms with Crippen molar-refractivity contribution in [3.8, 4) is 0 Å². The molecule has 0 saturated carbocycles. The summed E-state index contributed by atoms with van der Waals surface area (Å²) in [6.07, 6.45) is 3.11. The number of halogens is 1. The smallest absolute Gasteiger partial charge is 0.146 e. The number of pyridine rings is 1. The van der Waals surface area contributed by atoms with Gasteiger partial charge in [0.1, 0.15) is 17.7 Å². The molecule has 0 radical (unpaired) electrons. The fourth-order valence-electron chi connectivity index (χ4n) is 0.677. The van der Waals surface area contributed by atoms with Gasteiger partial charge in [-0.25, -0.2) is 0 Å². The third kappa shape index (κ3) is 2.17. The summed E-state index contributed by atoms with van der Waals surface area (Å²) in [6.45, 7) is 0. The molecule has 0 aliphatic carbocycles. The lowest BCUT2D eigenvalue weighted by Crippen LogP contribution is -1.87. The molecule has 62 valence electrons. The lowest BCUT2D eigenvalue weighted by Gasteiger charge is -1.96. The minimum Gasteiger partial charge on any atom is -0.506 e. The van der Waals surface area contributed by atoms with Gasteiger partial charge in [0.25, 0.3) is 0 Å². The number of allylic oxidation sites excluding steroid dienone is 1. The minimum atomic E-state index is -0.127. The van der Waals surface area contributed by atoms with E-state index in [4.69, 9.17) is 5.11 Å². The largest absolute Gasteiger partial charge is 0.506 e. The van der Waals surface area contributed by atoms with Crippen molar-refractivity contribution in [1.29, 1.82) is 0 Å². The molecule has 1 N–H and O–H groups in total. The lowest BCUT2D eigenvalue weighted by molar-refractivity contribution is -0.104. The molecule has 0 unspecified atom stereocenters. The Labute approximate surface area is 77.9 Å². The fraction of sp³-hybridized carbons (Fsp3) is 0. The number of aldehydes is 1. The Balaban J connectivity index is 2.97. The maximum atomic E-state index is 9.98. The van der Waals surface area contributed by atoms with Gasteiger partial charge >= 0.3 is 0 Å². The zero-order valence-electron chi connectivity index (χ0n) is 6.07. The highest BCUT2D eigenvalue weighted by molar-refractivity contribution is 9.10. The van der Waals surface area contributed by atoms with Crippen LogP contribution in [-0.4, -0.2) is 16.4 Å². The van der Waals surface area contributed by atoms with Crippen molar-refractivity contribution in [2.45, 2.75) is 0 Å². The molecule has 1 heterocycles. The molecule has 0 aliphatic rings. The maximum absolute atomic E-state index is 9.98. The summed E-state index contributed by atoms with van der Waals surface area (Å²) in [6, 6.07) is 3.34. The normalized spacial score (nSPS) is 11.2. The van der Waals surface area contributed by atoms with Crippen LogP contribution in [0, 0.1) is 0 Å². The van der Waals surface area contributed by atoms with E-state index in [-0.39, 0.29) is 5.76 Å². The van der Waals surface area contributed by atoms with E-state index >= 15 is 0 Å². The van der Waals surface area contributed by atoms with Crippen molar-refractivity contribution in [2.24, 2.45) is 0 Å². The summed E-state index contributed by atoms with van der Waals surface area (Å²) in [7, 11) is 0. The molecule has 1 aromatic rings. The Morgan fingerprint density at radius 1 is 1.58 bits per heavy atom. The number of aromatic nitrogens is 1. The van der Waals surface area contributed by atoms with Crippen LogP contribution in [0.5, 0.6) is 0 Å². The van der Waals surface area contributed by atoms with Gasteiger partial charge in [0.2, 0.25) is 0 Å². The van der Waals surface area contributed by atoms with Gasteiger partial charge in [0, 0.05) is 16.7 Å². The first-order chi connectivity index (χ1) is 5.74. The van der Waals surface area contributed by atoms with Gasteiger partial charge in [-0.3, -0.25) is 9.78 Å². The Bertz CT molecular complexity index is 305. The average Bonchev–Trinajstić information content (AvgIpc) is 2.06. The molecule has 0 saturated heterocycles. The van der Waals surface area contributed by atoms with E-state index in [1.54, 1.807) is 18.3 Å². The Hall–Kier alpha value is -1.16. The molecular formula is C8H6BrNO2. The first-order valence-electron chi connectivity index (χ1n) is 3.20. The second-order valence-electron chi connectivity index (χ2n) is 2.05. The van der Waals surface area contributed by atoms with Crippen molar-refractivity contribution in [3.05, 3.63) is 34.6 Å². The van der Waals surface area contributed by atoms with Gasteiger partial charge in [-0.15, -0.1) is 0 Å². The summed E-state index contributed by atoms with van der Waals surface area (Å²) in [5.41, 5.74) is 0.380. The molecule has 4 heteroatoms. The van der Waals surface area contributed by atoms with E-state index < -0.39 is 0 Å². The van der Waals surface area contributed by atoms with Crippen molar-refractivity contribution in [3.63, 3.8) is 0 Å². The van der Waals surface area contributed by atoms with Crippen LogP contribution in [0.4, 0.5) is 0 Å². The number of nitrogens with zero attached hydrogens (tertiary/aromatic N) is 1. The van der Waals surface area contributed by atoms with E-state index in [1.165, 1.54) is 0 Å². The van der Waals surface area contributed by atoms with Crippen molar-refractivity contribution in [1.82, 2.24) is 4.98 Å². The van der Waals surface area contributed by atoms with Crippen molar-refractivity contribution in [2.75, 3.05) is 0 Å². The summed E-state index contributed by atoms with van der Waals surface area (Å²) >= 11 is 3.20. The molecule has 0 aliphatic heterocycles. The first kappa shape index (κ1) is 8.93. The predicted molar refractivity (Wildman–Crippen MR) is 48.6 cm³/mol. The number of carbonyl (C=O) groups is 1. The van der Waals surface area contributed by atoms with Gasteiger partial charge in [0.05, 0.1) is 0 Å². The number of aliphatic hydroxyl groups is 1. The van der Waals surface area contributed by atoms with Crippen LogP contribution >= 0.6 is 15.9 Å². The molecule has 0 aromatic carbocycles. The standard InChI is InChI=1S/C8H6BrNO2/c9-6-1-2-7(10-5-6)8(12)3-4-11/h1-5,12H. The van der Waals surface area contributed by atoms with E-state index in [0.29, 0.717) is 12.0 Å². The monoisotopic (exact) mass is 227 g/mol. The molecule has 0 fully saturated rings. The minimum absolute atomic E-state index is 0.127. The number of rotatable bonds is 2. The Kier molecular flexibility index (Phi) is 2.99. The lowest BCUT2D eigenvalue weighted by atomic mass is 10.3. The molecule has 0 amide bonds. The average molecular weight is 228 g/mol. The van der Waals surface area contributed by atoms with Gasteiger partial charge in [-0.1, -0.05) is 0 Å². The highest BCUT2D eigenvalue weighted by Crippen LogP contribution is 2.11. The SMILES string of the molecule is O=CC=C(O)c1ccc(Br)cn1. The summed E-state index contributed by atoms with van der Waals surface area (Å²) in [4.78, 5) is 13.9. The zero-order chi connectivity index (χ0) is 8.97. The van der Waals surface area contributed by atoms with Crippen LogP contribution in [0.3, 0.4) is 0 Å². The van der Waals surface area contributed by atoms with Gasteiger partial charge < -0.3 is 5.11 Å². The van der Waals surface area contributed by atoms with Crippen LogP contribution in [0.2, 0.25) is 0 Å². The second-order valence-corrected chi connectivity index (χ2v) is 2.97. The quantitative estimate of drug-likeness (QED) is 0.478. The van der Waals surface area contributed by atoms with Crippen LogP contribution < -0.4 is 0 Å². The van der Waals surface area contributed by atoms with Crippen molar-refractivity contribution < 1.29 is 9.90 Å². The molecule has 1 aromatic heterocycles. The molecule has 1 rings (SSSR count). The van der Waals surface area contributed by atoms with E-state index in [0.717, 1.165) is 10.5 Å². The third-order valence-corrected chi connectivity index (χ3v) is 1.68. The number of hydrogen-bond donors (Lipinski definition) is 1. The van der Waals surface area contributed by atoms with Crippen LogP contribution in [0.15, 0.2) is 28.9 Å². The first-order valence-corrected chi connectivity index (χ1v) is 3.99. The maximum Gasteiger partial charge on any atom is 0.146 e. The summed E-state index contributed by atoms with van der Waals surface area (Å²) in [5.74, 6) is -0.127. The van der Waals surface area contributed by atoms with Crippen LogP contribution in [0.1, 0.15) is 5.69 Å². The van der Waals surface area contributed by atoms with Crippen LogP contribution in [0.25, 0.3) is 5.76 Å². The van der Waals surface area contributed by atoms with Gasteiger partial charge in [0.15, 0.2) is 0 Å². The summed E-state index contributed by atoms with van der Waals surface area (Å²) < 4.78 is 0.824. The van der Waals surface area contributed by atoms with Gasteiger partial charge in [-0.2, -0.15) is 0 Å². The molecule has 0 bridgehead atoms. The van der Waals surface area contributed by atoms with E-state index in [9.17, 15) is 4.79 Å². The van der Waals surface area contributed by atoms with Crippen molar-refractivity contribution >= 4 is 28.0 Å². The number of aliphatic hydroxyl groups excluding tert-OH is 1. The van der Waals surface area contributed by atoms with E-state index in [2.05, 4.69) is 20.9 Å². The molecule has 0 atom stereocenters.